The third-order valence-corrected chi connectivity index (χ3v) is 3.32. The van der Waals surface area contributed by atoms with Gasteiger partial charge in [0.05, 0.1) is 6.10 Å². The molecule has 1 saturated heterocycles. The van der Waals surface area contributed by atoms with Gasteiger partial charge in [-0.1, -0.05) is 6.92 Å². The molecule has 19 heavy (non-hydrogen) atoms. The van der Waals surface area contributed by atoms with Gasteiger partial charge in [0.1, 0.15) is 17.5 Å². The van der Waals surface area contributed by atoms with E-state index in [0.717, 1.165) is 62.0 Å². The number of rotatable bonds is 6. The fraction of sp³-hybridized carbons (Fsp3) is 0.714. The summed E-state index contributed by atoms with van der Waals surface area (Å²) in [5, 5.41) is 6.75. The van der Waals surface area contributed by atoms with Crippen molar-refractivity contribution in [2.24, 2.45) is 0 Å². The summed E-state index contributed by atoms with van der Waals surface area (Å²) < 4.78 is 5.62. The minimum absolute atomic E-state index is 0.321. The second kappa shape index (κ2) is 6.70. The highest BCUT2D eigenvalue weighted by Gasteiger charge is 2.16. The van der Waals surface area contributed by atoms with E-state index in [4.69, 9.17) is 4.74 Å². The predicted octanol–water partition coefficient (Wildman–Crippen LogP) is 2.51. The molecule has 0 bridgehead atoms. The minimum atomic E-state index is 0.321. The number of nitrogens with one attached hydrogen (secondary N) is 2. The molecule has 2 heterocycles. The van der Waals surface area contributed by atoms with Gasteiger partial charge in [-0.25, -0.2) is 9.97 Å². The summed E-state index contributed by atoms with van der Waals surface area (Å²) in [7, 11) is 0. The molecule has 5 heteroatoms. The number of hydrogen-bond acceptors (Lipinski definition) is 5. The molecule has 1 aromatic heterocycles. The lowest BCUT2D eigenvalue weighted by Gasteiger charge is -2.16. The number of aromatic nitrogens is 2. The van der Waals surface area contributed by atoms with Gasteiger partial charge in [0.2, 0.25) is 0 Å². The lowest BCUT2D eigenvalue weighted by atomic mass is 10.2. The van der Waals surface area contributed by atoms with Gasteiger partial charge >= 0.3 is 0 Å². The summed E-state index contributed by atoms with van der Waals surface area (Å²) in [5.74, 6) is 2.64. The summed E-state index contributed by atoms with van der Waals surface area (Å²) in [6, 6.07) is 0. The smallest absolute Gasteiger partial charge is 0.134 e. The van der Waals surface area contributed by atoms with Crippen molar-refractivity contribution in [3.05, 3.63) is 11.4 Å². The van der Waals surface area contributed by atoms with Crippen molar-refractivity contribution in [2.45, 2.75) is 46.1 Å². The first kappa shape index (κ1) is 14.1. The van der Waals surface area contributed by atoms with Crippen LogP contribution in [0.15, 0.2) is 0 Å². The highest BCUT2D eigenvalue weighted by atomic mass is 16.5. The summed E-state index contributed by atoms with van der Waals surface area (Å²) >= 11 is 0. The Bertz CT molecular complexity index is 416. The van der Waals surface area contributed by atoms with Crippen molar-refractivity contribution in [3.63, 3.8) is 0 Å². The molecule has 0 radical (unpaired) electrons. The van der Waals surface area contributed by atoms with E-state index in [1.807, 2.05) is 6.92 Å². The van der Waals surface area contributed by atoms with Crippen LogP contribution >= 0.6 is 0 Å². The summed E-state index contributed by atoms with van der Waals surface area (Å²) in [6.07, 6.45) is 3.71. The van der Waals surface area contributed by atoms with Crippen molar-refractivity contribution in [1.29, 1.82) is 0 Å². The van der Waals surface area contributed by atoms with Gasteiger partial charge in [-0.2, -0.15) is 0 Å². The molecule has 1 atom stereocenters. The van der Waals surface area contributed by atoms with Gasteiger partial charge in [-0.15, -0.1) is 0 Å². The highest BCUT2D eigenvalue weighted by Crippen LogP contribution is 2.21. The van der Waals surface area contributed by atoms with Gasteiger partial charge in [0.25, 0.3) is 0 Å². The zero-order valence-corrected chi connectivity index (χ0v) is 12.1. The molecule has 0 aliphatic carbocycles. The van der Waals surface area contributed by atoms with Gasteiger partial charge < -0.3 is 15.4 Å². The fourth-order valence-corrected chi connectivity index (χ4v) is 2.23. The van der Waals surface area contributed by atoms with Crippen LogP contribution in [0.4, 0.5) is 11.6 Å². The molecule has 0 amide bonds. The van der Waals surface area contributed by atoms with Gasteiger partial charge in [0.15, 0.2) is 0 Å². The Morgan fingerprint density at radius 2 is 1.95 bits per heavy atom. The number of hydrogen-bond donors (Lipinski definition) is 2. The largest absolute Gasteiger partial charge is 0.376 e. The first-order valence-corrected chi connectivity index (χ1v) is 7.15. The second-order valence-electron chi connectivity index (χ2n) is 5.04. The monoisotopic (exact) mass is 264 g/mol. The zero-order valence-electron chi connectivity index (χ0n) is 12.1. The zero-order chi connectivity index (χ0) is 13.7. The van der Waals surface area contributed by atoms with E-state index in [0.29, 0.717) is 6.10 Å². The summed E-state index contributed by atoms with van der Waals surface area (Å²) in [4.78, 5) is 8.94. The molecule has 1 aromatic rings. The normalized spacial score (nSPS) is 18.6. The van der Waals surface area contributed by atoms with E-state index in [-0.39, 0.29) is 0 Å². The van der Waals surface area contributed by atoms with Crippen molar-refractivity contribution in [1.82, 2.24) is 9.97 Å². The number of aryl methyl sites for hydroxylation is 1. The van der Waals surface area contributed by atoms with Crippen LogP contribution in [0.5, 0.6) is 0 Å². The quantitative estimate of drug-likeness (QED) is 0.826. The molecular weight excluding hydrogens is 240 g/mol. The Hall–Kier alpha value is -1.36. The highest BCUT2D eigenvalue weighted by molar-refractivity contribution is 5.57. The molecule has 106 valence electrons. The van der Waals surface area contributed by atoms with Crippen LogP contribution in [0.1, 0.15) is 37.6 Å². The minimum Gasteiger partial charge on any atom is -0.376 e. The first-order valence-electron chi connectivity index (χ1n) is 7.15. The molecule has 0 spiro atoms. The van der Waals surface area contributed by atoms with E-state index in [1.54, 1.807) is 0 Å². The Kier molecular flexibility index (Phi) is 4.96. The van der Waals surface area contributed by atoms with Crippen molar-refractivity contribution in [2.75, 3.05) is 30.3 Å². The summed E-state index contributed by atoms with van der Waals surface area (Å²) in [5.41, 5.74) is 1.08. The van der Waals surface area contributed by atoms with Gasteiger partial charge in [0, 0.05) is 25.3 Å². The average Bonchev–Trinajstić information content (AvgIpc) is 2.91. The Labute approximate surface area is 115 Å². The van der Waals surface area contributed by atoms with Gasteiger partial charge in [-0.05, 0) is 33.1 Å². The van der Waals surface area contributed by atoms with Crippen LogP contribution in [0.3, 0.4) is 0 Å². The van der Waals surface area contributed by atoms with E-state index in [9.17, 15) is 0 Å². The Morgan fingerprint density at radius 1 is 1.21 bits per heavy atom. The predicted molar refractivity (Wildman–Crippen MR) is 77.8 cm³/mol. The molecule has 0 aromatic carbocycles. The molecule has 1 aliphatic rings. The molecule has 1 aliphatic heterocycles. The molecule has 0 saturated carbocycles. The van der Waals surface area contributed by atoms with E-state index < -0.39 is 0 Å². The number of anilines is 2. The standard InChI is InChI=1S/C14H24N4O/c1-4-7-15-13-10(2)14(18-11(3)17-13)16-9-12-6-5-8-19-12/h12H,4-9H2,1-3H3,(H2,15,16,17,18). The Balaban J connectivity index is 2.03. The number of nitrogens with zero attached hydrogens (tertiary/aromatic N) is 2. The molecule has 2 N–H and O–H groups in total. The van der Waals surface area contributed by atoms with Crippen molar-refractivity contribution >= 4 is 11.6 Å². The van der Waals surface area contributed by atoms with E-state index in [1.165, 1.54) is 0 Å². The molecule has 1 unspecified atom stereocenters. The molecule has 1 fully saturated rings. The SMILES string of the molecule is CCCNc1nc(C)nc(NCC2CCCO2)c1C. The molecule has 2 rings (SSSR count). The van der Waals surface area contributed by atoms with Crippen LogP contribution in [-0.2, 0) is 4.74 Å². The van der Waals surface area contributed by atoms with Crippen LogP contribution in [-0.4, -0.2) is 35.8 Å². The van der Waals surface area contributed by atoms with Crippen molar-refractivity contribution in [3.8, 4) is 0 Å². The first-order chi connectivity index (χ1) is 9.20. The van der Waals surface area contributed by atoms with E-state index >= 15 is 0 Å². The topological polar surface area (TPSA) is 59.1 Å². The lowest BCUT2D eigenvalue weighted by molar-refractivity contribution is 0.120. The molecular formula is C14H24N4O. The van der Waals surface area contributed by atoms with E-state index in [2.05, 4.69) is 34.4 Å². The third-order valence-electron chi connectivity index (χ3n) is 3.32. The van der Waals surface area contributed by atoms with Crippen molar-refractivity contribution < 1.29 is 4.74 Å². The van der Waals surface area contributed by atoms with Crippen LogP contribution in [0, 0.1) is 13.8 Å². The maximum Gasteiger partial charge on any atom is 0.134 e. The Morgan fingerprint density at radius 3 is 2.58 bits per heavy atom. The molecule has 5 nitrogen and oxygen atoms in total. The summed E-state index contributed by atoms with van der Waals surface area (Å²) in [6.45, 7) is 8.76. The lowest BCUT2D eigenvalue weighted by Crippen LogP contribution is -2.20. The van der Waals surface area contributed by atoms with Crippen LogP contribution in [0.2, 0.25) is 0 Å². The fourth-order valence-electron chi connectivity index (χ4n) is 2.23. The van der Waals surface area contributed by atoms with Gasteiger partial charge in [-0.3, -0.25) is 0 Å². The second-order valence-corrected chi connectivity index (χ2v) is 5.04. The van der Waals surface area contributed by atoms with Crippen LogP contribution < -0.4 is 10.6 Å². The third kappa shape index (κ3) is 3.80. The maximum absolute atomic E-state index is 5.62. The number of ether oxygens (including phenoxy) is 1. The maximum atomic E-state index is 5.62. The average molecular weight is 264 g/mol. The van der Waals surface area contributed by atoms with Crippen LogP contribution in [0.25, 0.3) is 0 Å².